The number of ketones is 1. The Morgan fingerprint density at radius 2 is 1.67 bits per heavy atom. The Hall–Kier alpha value is -1.91. The van der Waals surface area contributed by atoms with Crippen LogP contribution in [0.4, 0.5) is 9.18 Å². The van der Waals surface area contributed by atoms with Crippen LogP contribution in [0, 0.1) is 0 Å². The molecule has 21 heavy (non-hydrogen) atoms. The Kier molecular flexibility index (Phi) is 5.10. The van der Waals surface area contributed by atoms with Gasteiger partial charge in [-0.05, 0) is 45.7 Å². The summed E-state index contributed by atoms with van der Waals surface area (Å²) in [5.74, 6) is -0.540. The smallest absolute Gasteiger partial charge is 0.407 e. The summed E-state index contributed by atoms with van der Waals surface area (Å²) < 4.78 is 19.3. The second-order valence-electron chi connectivity index (χ2n) is 6.11. The standard InChI is InChI=1S/C16H22FNO3/c1-11(19)16(5,17)13-8-6-12(7-9-13)10-18-14(20)21-15(2,3)4/h6-9H,10H2,1-5H3,(H,18,20). The maximum Gasteiger partial charge on any atom is 0.407 e. The predicted molar refractivity (Wildman–Crippen MR) is 78.7 cm³/mol. The molecule has 1 unspecified atom stereocenters. The van der Waals surface area contributed by atoms with Crippen molar-refractivity contribution in [1.29, 1.82) is 0 Å². The minimum atomic E-state index is -1.99. The van der Waals surface area contributed by atoms with Gasteiger partial charge in [-0.2, -0.15) is 0 Å². The largest absolute Gasteiger partial charge is 0.444 e. The van der Waals surface area contributed by atoms with Crippen LogP contribution in [0.15, 0.2) is 24.3 Å². The van der Waals surface area contributed by atoms with E-state index in [0.717, 1.165) is 5.56 Å². The molecule has 1 rings (SSSR count). The van der Waals surface area contributed by atoms with Crippen LogP contribution in [0.3, 0.4) is 0 Å². The van der Waals surface area contributed by atoms with Gasteiger partial charge in [0.2, 0.25) is 0 Å². The Balaban J connectivity index is 2.64. The van der Waals surface area contributed by atoms with Crippen LogP contribution in [0.2, 0.25) is 0 Å². The topological polar surface area (TPSA) is 55.4 Å². The van der Waals surface area contributed by atoms with E-state index in [0.29, 0.717) is 5.56 Å². The number of benzene rings is 1. The fraction of sp³-hybridized carbons (Fsp3) is 0.500. The molecule has 0 aliphatic rings. The molecule has 116 valence electrons. The summed E-state index contributed by atoms with van der Waals surface area (Å²) in [4.78, 5) is 22.8. The Morgan fingerprint density at radius 1 is 1.14 bits per heavy atom. The fourth-order valence-corrected chi connectivity index (χ4v) is 1.63. The van der Waals surface area contributed by atoms with E-state index in [9.17, 15) is 14.0 Å². The van der Waals surface area contributed by atoms with Gasteiger partial charge in [0.05, 0.1) is 0 Å². The first kappa shape index (κ1) is 17.1. The number of alkyl halides is 1. The number of hydrogen-bond donors (Lipinski definition) is 1. The quantitative estimate of drug-likeness (QED) is 0.925. The van der Waals surface area contributed by atoms with Crippen molar-refractivity contribution in [3.63, 3.8) is 0 Å². The van der Waals surface area contributed by atoms with Gasteiger partial charge in [0.1, 0.15) is 5.60 Å². The number of nitrogens with one attached hydrogen (secondary N) is 1. The van der Waals surface area contributed by atoms with E-state index in [2.05, 4.69) is 5.32 Å². The molecule has 0 bridgehead atoms. The summed E-state index contributed by atoms with van der Waals surface area (Å²) in [7, 11) is 0. The maximum atomic E-state index is 14.1. The molecule has 0 aliphatic heterocycles. The average Bonchev–Trinajstić information content (AvgIpc) is 2.34. The van der Waals surface area contributed by atoms with Crippen LogP contribution >= 0.6 is 0 Å². The van der Waals surface area contributed by atoms with Gasteiger partial charge in [-0.25, -0.2) is 9.18 Å². The van der Waals surface area contributed by atoms with E-state index in [1.54, 1.807) is 45.0 Å². The molecule has 0 fully saturated rings. The third kappa shape index (κ3) is 5.17. The van der Waals surface area contributed by atoms with Gasteiger partial charge in [0, 0.05) is 6.54 Å². The number of hydrogen-bond acceptors (Lipinski definition) is 3. The number of alkyl carbamates (subject to hydrolysis) is 1. The molecule has 0 heterocycles. The highest BCUT2D eigenvalue weighted by Gasteiger charge is 2.31. The van der Waals surface area contributed by atoms with Crippen molar-refractivity contribution in [3.8, 4) is 0 Å². The number of carbonyl (C=O) groups excluding carboxylic acids is 2. The van der Waals surface area contributed by atoms with E-state index in [-0.39, 0.29) is 6.54 Å². The molecule has 0 spiro atoms. The first-order chi connectivity index (χ1) is 9.52. The van der Waals surface area contributed by atoms with E-state index in [1.165, 1.54) is 13.8 Å². The molecule has 0 radical (unpaired) electrons. The summed E-state index contributed by atoms with van der Waals surface area (Å²) in [5.41, 5.74) is -1.44. The molecule has 1 aromatic rings. The zero-order valence-corrected chi connectivity index (χ0v) is 13.1. The summed E-state index contributed by atoms with van der Waals surface area (Å²) >= 11 is 0. The van der Waals surface area contributed by atoms with Gasteiger partial charge in [-0.3, -0.25) is 4.79 Å². The number of amides is 1. The van der Waals surface area contributed by atoms with Crippen molar-refractivity contribution in [2.45, 2.75) is 52.4 Å². The number of rotatable bonds is 4. The van der Waals surface area contributed by atoms with Crippen LogP contribution in [0.25, 0.3) is 0 Å². The summed E-state index contributed by atoms with van der Waals surface area (Å²) in [6.07, 6.45) is -0.509. The van der Waals surface area contributed by atoms with Crippen LogP contribution < -0.4 is 5.32 Å². The Morgan fingerprint density at radius 3 is 2.10 bits per heavy atom. The molecular formula is C16H22FNO3. The van der Waals surface area contributed by atoms with Crippen LogP contribution in [-0.2, 0) is 21.7 Å². The lowest BCUT2D eigenvalue weighted by Gasteiger charge is -2.20. The zero-order chi connectivity index (χ0) is 16.3. The molecular weight excluding hydrogens is 273 g/mol. The third-order valence-corrected chi connectivity index (χ3v) is 2.99. The first-order valence-corrected chi connectivity index (χ1v) is 6.78. The Labute approximate surface area is 124 Å². The first-order valence-electron chi connectivity index (χ1n) is 6.78. The van der Waals surface area contributed by atoms with E-state index in [1.807, 2.05) is 0 Å². The molecule has 0 saturated carbocycles. The molecule has 5 heteroatoms. The van der Waals surface area contributed by atoms with E-state index in [4.69, 9.17) is 4.74 Å². The van der Waals surface area contributed by atoms with Gasteiger partial charge in [-0.1, -0.05) is 24.3 Å². The van der Waals surface area contributed by atoms with Crippen LogP contribution in [0.1, 0.15) is 45.7 Å². The number of halogens is 1. The highest BCUT2D eigenvalue weighted by molar-refractivity contribution is 5.85. The van der Waals surface area contributed by atoms with Crippen molar-refractivity contribution in [3.05, 3.63) is 35.4 Å². The normalized spacial score (nSPS) is 14.2. The van der Waals surface area contributed by atoms with Gasteiger partial charge < -0.3 is 10.1 Å². The number of carbonyl (C=O) groups is 2. The minimum absolute atomic E-state index is 0.276. The number of Topliss-reactive ketones (excluding diaryl/α,β-unsaturated/α-hetero) is 1. The maximum absolute atomic E-state index is 14.1. The third-order valence-electron chi connectivity index (χ3n) is 2.99. The molecule has 1 N–H and O–H groups in total. The molecule has 4 nitrogen and oxygen atoms in total. The lowest BCUT2D eigenvalue weighted by atomic mass is 9.93. The summed E-state index contributed by atoms with van der Waals surface area (Å²) in [6.45, 7) is 8.08. The van der Waals surface area contributed by atoms with Crippen molar-refractivity contribution in [2.24, 2.45) is 0 Å². The highest BCUT2D eigenvalue weighted by Crippen LogP contribution is 2.26. The van der Waals surface area contributed by atoms with Crippen molar-refractivity contribution in [1.82, 2.24) is 5.32 Å². The second-order valence-corrected chi connectivity index (χ2v) is 6.11. The van der Waals surface area contributed by atoms with Gasteiger partial charge in [0.25, 0.3) is 0 Å². The van der Waals surface area contributed by atoms with Crippen molar-refractivity contribution < 1.29 is 18.7 Å². The van der Waals surface area contributed by atoms with Crippen molar-refractivity contribution in [2.75, 3.05) is 0 Å². The highest BCUT2D eigenvalue weighted by atomic mass is 19.1. The number of ether oxygens (including phenoxy) is 1. The molecule has 1 amide bonds. The Bertz CT molecular complexity index is 515. The van der Waals surface area contributed by atoms with E-state index >= 15 is 0 Å². The predicted octanol–water partition coefficient (Wildman–Crippen LogP) is 3.49. The molecule has 0 aromatic heterocycles. The van der Waals surface area contributed by atoms with Crippen molar-refractivity contribution >= 4 is 11.9 Å². The lowest BCUT2D eigenvalue weighted by Crippen LogP contribution is -2.32. The molecule has 1 atom stereocenters. The average molecular weight is 295 g/mol. The lowest BCUT2D eigenvalue weighted by molar-refractivity contribution is -0.127. The molecule has 0 saturated heterocycles. The summed E-state index contributed by atoms with van der Waals surface area (Å²) in [5, 5.41) is 2.61. The van der Waals surface area contributed by atoms with Gasteiger partial charge in [-0.15, -0.1) is 0 Å². The van der Waals surface area contributed by atoms with Crippen LogP contribution in [0.5, 0.6) is 0 Å². The SMILES string of the molecule is CC(=O)C(C)(F)c1ccc(CNC(=O)OC(C)(C)C)cc1. The van der Waals surface area contributed by atoms with E-state index < -0.39 is 23.1 Å². The minimum Gasteiger partial charge on any atom is -0.444 e. The second kappa shape index (κ2) is 6.24. The van der Waals surface area contributed by atoms with Gasteiger partial charge >= 0.3 is 6.09 Å². The van der Waals surface area contributed by atoms with Crippen LogP contribution in [-0.4, -0.2) is 17.5 Å². The van der Waals surface area contributed by atoms with Gasteiger partial charge in [0.15, 0.2) is 11.5 Å². The summed E-state index contributed by atoms with van der Waals surface area (Å²) in [6, 6.07) is 6.45. The fourth-order valence-electron chi connectivity index (χ4n) is 1.63. The molecule has 0 aliphatic carbocycles. The zero-order valence-electron chi connectivity index (χ0n) is 13.1. The molecule has 1 aromatic carbocycles. The monoisotopic (exact) mass is 295 g/mol.